The quantitative estimate of drug-likeness (QED) is 0.481. The lowest BCUT2D eigenvalue weighted by Crippen LogP contribution is -2.64. The van der Waals surface area contributed by atoms with Gasteiger partial charge in [-0.25, -0.2) is 0 Å². The second kappa shape index (κ2) is 10.4. The molecule has 0 amide bonds. The summed E-state index contributed by atoms with van der Waals surface area (Å²) in [5.41, 5.74) is 1.49. The molecule has 0 aromatic heterocycles. The zero-order valence-corrected chi connectivity index (χ0v) is 20.2. The minimum absolute atomic E-state index is 0.0324. The van der Waals surface area contributed by atoms with Crippen LogP contribution in [0.3, 0.4) is 0 Å². The Labute approximate surface area is 198 Å². The number of hydrogen-bond acceptors (Lipinski definition) is 10. The molecule has 6 atom stereocenters. The van der Waals surface area contributed by atoms with Gasteiger partial charge in [0.15, 0.2) is 18.7 Å². The second-order valence-corrected chi connectivity index (χ2v) is 11.2. The number of ether oxygens (including phenoxy) is 4. The van der Waals surface area contributed by atoms with Crippen molar-refractivity contribution in [1.82, 2.24) is 0 Å². The third-order valence-corrected chi connectivity index (χ3v) is 6.33. The normalized spacial score (nSPS) is 29.9. The first-order valence-corrected chi connectivity index (χ1v) is 14.1. The Morgan fingerprint density at radius 1 is 0.824 bits per heavy atom. The van der Waals surface area contributed by atoms with Gasteiger partial charge in [0.2, 0.25) is 0 Å². The van der Waals surface area contributed by atoms with Crippen LogP contribution in [0.25, 0.3) is 0 Å². The number of rotatable bonds is 8. The summed E-state index contributed by atoms with van der Waals surface area (Å²) in [5, 5.41) is 0. The number of benzene rings is 2. The predicted molar refractivity (Wildman–Crippen MR) is 119 cm³/mol. The van der Waals surface area contributed by atoms with Crippen LogP contribution in [0.1, 0.15) is 17.4 Å². The lowest BCUT2D eigenvalue weighted by Gasteiger charge is -2.47. The van der Waals surface area contributed by atoms with Crippen molar-refractivity contribution in [1.29, 1.82) is 0 Å². The highest BCUT2D eigenvalue weighted by Crippen LogP contribution is 2.37. The van der Waals surface area contributed by atoms with E-state index in [1.54, 1.807) is 24.3 Å². The molecule has 186 valence electrons. The van der Waals surface area contributed by atoms with Gasteiger partial charge in [-0.1, -0.05) is 60.7 Å². The Balaban J connectivity index is 1.63. The molecule has 4 rings (SSSR count). The van der Waals surface area contributed by atoms with E-state index in [4.69, 9.17) is 27.3 Å². The second-order valence-electron chi connectivity index (χ2n) is 8.05. The Morgan fingerprint density at radius 2 is 1.41 bits per heavy atom. The first-order valence-electron chi connectivity index (χ1n) is 10.5. The average molecular weight is 515 g/mol. The topological polar surface area (TPSA) is 124 Å². The van der Waals surface area contributed by atoms with Gasteiger partial charge in [-0.2, -0.15) is 16.8 Å². The van der Waals surface area contributed by atoms with E-state index in [9.17, 15) is 16.8 Å². The van der Waals surface area contributed by atoms with Crippen LogP contribution < -0.4 is 0 Å². The molecule has 0 N–H and O–H groups in total. The van der Waals surface area contributed by atoms with E-state index in [0.29, 0.717) is 5.56 Å². The van der Waals surface area contributed by atoms with Crippen molar-refractivity contribution in [3.8, 4) is 0 Å². The molecule has 2 aliphatic rings. The molecule has 0 saturated carbocycles. The van der Waals surface area contributed by atoms with Crippen LogP contribution in [0.5, 0.6) is 0 Å². The first kappa shape index (κ1) is 25.2. The van der Waals surface area contributed by atoms with Gasteiger partial charge in [-0.05, 0) is 5.56 Å². The third kappa shape index (κ3) is 6.61. The van der Waals surface area contributed by atoms with Crippen molar-refractivity contribution in [2.75, 3.05) is 19.1 Å². The SMILES string of the molecule is CS(=O)(=O)O[C@H]1[C@@H]2OC(c3ccccc3)OCC2OC(OCc2ccccc2)[C@@H]1OS(C)(=O)=O. The fourth-order valence-electron chi connectivity index (χ4n) is 3.83. The lowest BCUT2D eigenvalue weighted by molar-refractivity contribution is -0.355. The van der Waals surface area contributed by atoms with E-state index in [2.05, 4.69) is 0 Å². The molecular formula is C22H26O10S2. The molecule has 0 spiro atoms. The van der Waals surface area contributed by atoms with Crippen molar-refractivity contribution in [2.45, 2.75) is 43.6 Å². The van der Waals surface area contributed by atoms with E-state index >= 15 is 0 Å². The van der Waals surface area contributed by atoms with Crippen molar-refractivity contribution in [2.24, 2.45) is 0 Å². The molecule has 2 aromatic carbocycles. The molecule has 0 bridgehead atoms. The summed E-state index contributed by atoms with van der Waals surface area (Å²) >= 11 is 0. The highest BCUT2D eigenvalue weighted by atomic mass is 32.2. The van der Waals surface area contributed by atoms with Gasteiger partial charge in [0.05, 0.1) is 25.7 Å². The maximum absolute atomic E-state index is 12.1. The Hall–Kier alpha value is -1.90. The fraction of sp³-hybridized carbons (Fsp3) is 0.455. The summed E-state index contributed by atoms with van der Waals surface area (Å²) in [6.45, 7) is 0.0944. The summed E-state index contributed by atoms with van der Waals surface area (Å²) in [6, 6.07) is 18.1. The highest BCUT2D eigenvalue weighted by molar-refractivity contribution is 7.86. The van der Waals surface area contributed by atoms with Gasteiger partial charge in [-0.15, -0.1) is 0 Å². The van der Waals surface area contributed by atoms with Crippen LogP contribution in [0.15, 0.2) is 60.7 Å². The Bertz CT molecular complexity index is 1150. The van der Waals surface area contributed by atoms with Crippen LogP contribution in [0.4, 0.5) is 0 Å². The molecule has 2 aromatic rings. The number of hydrogen-bond donors (Lipinski definition) is 0. The highest BCUT2D eigenvalue weighted by Gasteiger charge is 2.54. The predicted octanol–water partition coefficient (Wildman–Crippen LogP) is 1.73. The van der Waals surface area contributed by atoms with Crippen molar-refractivity contribution in [3.05, 3.63) is 71.8 Å². The first-order chi connectivity index (χ1) is 16.1. The zero-order chi connectivity index (χ0) is 24.3. The number of fused-ring (bicyclic) bond motifs is 1. The van der Waals surface area contributed by atoms with Crippen LogP contribution in [0, 0.1) is 0 Å². The van der Waals surface area contributed by atoms with E-state index in [1.165, 1.54) is 0 Å². The molecule has 2 fully saturated rings. The molecule has 3 unspecified atom stereocenters. The summed E-state index contributed by atoms with van der Waals surface area (Å²) < 4.78 is 82.6. The van der Waals surface area contributed by atoms with E-state index in [-0.39, 0.29) is 13.2 Å². The van der Waals surface area contributed by atoms with Crippen molar-refractivity contribution in [3.63, 3.8) is 0 Å². The maximum atomic E-state index is 12.1. The van der Waals surface area contributed by atoms with Crippen LogP contribution in [0.2, 0.25) is 0 Å². The molecule has 34 heavy (non-hydrogen) atoms. The minimum Gasteiger partial charge on any atom is -0.346 e. The summed E-state index contributed by atoms with van der Waals surface area (Å²) in [6.07, 6.45) is -5.04. The fourth-order valence-corrected chi connectivity index (χ4v) is 5.06. The molecular weight excluding hydrogens is 488 g/mol. The molecule has 2 saturated heterocycles. The molecule has 12 heteroatoms. The van der Waals surface area contributed by atoms with Gasteiger partial charge in [-0.3, -0.25) is 8.37 Å². The summed E-state index contributed by atoms with van der Waals surface area (Å²) in [4.78, 5) is 0. The lowest BCUT2D eigenvalue weighted by atomic mass is 9.98. The maximum Gasteiger partial charge on any atom is 0.264 e. The largest absolute Gasteiger partial charge is 0.346 e. The van der Waals surface area contributed by atoms with Crippen molar-refractivity contribution < 1.29 is 44.1 Å². The summed E-state index contributed by atoms with van der Waals surface area (Å²) in [7, 11) is -8.10. The van der Waals surface area contributed by atoms with Gasteiger partial charge < -0.3 is 18.9 Å². The zero-order valence-electron chi connectivity index (χ0n) is 18.6. The third-order valence-electron chi connectivity index (χ3n) is 5.18. The van der Waals surface area contributed by atoms with Gasteiger partial charge >= 0.3 is 0 Å². The van der Waals surface area contributed by atoms with Gasteiger partial charge in [0, 0.05) is 5.56 Å². The smallest absolute Gasteiger partial charge is 0.264 e. The van der Waals surface area contributed by atoms with Crippen molar-refractivity contribution >= 4 is 20.2 Å². The molecule has 0 radical (unpaired) electrons. The van der Waals surface area contributed by atoms with Gasteiger partial charge in [0.25, 0.3) is 20.2 Å². The van der Waals surface area contributed by atoms with Crippen LogP contribution in [-0.4, -0.2) is 66.7 Å². The van der Waals surface area contributed by atoms with E-state index < -0.39 is 57.2 Å². The molecule has 10 nitrogen and oxygen atoms in total. The molecule has 2 heterocycles. The standard InChI is InChI=1S/C22H26O10S2/c1-33(23,24)31-19-18-17(14-28-21(30-18)16-11-7-4-8-12-16)29-22(20(19)32-34(2,25)26)27-13-15-9-5-3-6-10-15/h3-12,17-22H,13-14H2,1-2H3/t17?,18-,19+,20-,21?,22?/m1/s1. The average Bonchev–Trinajstić information content (AvgIpc) is 2.79. The summed E-state index contributed by atoms with van der Waals surface area (Å²) in [5.74, 6) is 0. The Morgan fingerprint density at radius 3 is 2.03 bits per heavy atom. The van der Waals surface area contributed by atoms with Crippen LogP contribution >= 0.6 is 0 Å². The van der Waals surface area contributed by atoms with Gasteiger partial charge in [0.1, 0.15) is 18.3 Å². The van der Waals surface area contributed by atoms with Crippen LogP contribution in [-0.2, 0) is 54.2 Å². The minimum atomic E-state index is -4.05. The monoisotopic (exact) mass is 514 g/mol. The molecule has 2 aliphatic heterocycles. The molecule has 0 aliphatic carbocycles. The Kier molecular flexibility index (Phi) is 7.69. The van der Waals surface area contributed by atoms with E-state index in [1.807, 2.05) is 36.4 Å². The van der Waals surface area contributed by atoms with E-state index in [0.717, 1.165) is 18.1 Å².